The Morgan fingerprint density at radius 2 is 1.89 bits per heavy atom. The molecular formula is C29H26N4O4. The van der Waals surface area contributed by atoms with Gasteiger partial charge in [0.15, 0.2) is 23.1 Å². The molecule has 1 unspecified atom stereocenters. The van der Waals surface area contributed by atoms with E-state index in [1.807, 2.05) is 54.6 Å². The smallest absolute Gasteiger partial charge is 0.226 e. The van der Waals surface area contributed by atoms with E-state index in [9.17, 15) is 9.90 Å². The van der Waals surface area contributed by atoms with E-state index in [1.165, 1.54) is 0 Å². The first-order chi connectivity index (χ1) is 18.1. The molecule has 0 fully saturated rings. The number of hydrogen-bond donors (Lipinski definition) is 2. The largest absolute Gasteiger partial charge is 0.508 e. The van der Waals surface area contributed by atoms with Gasteiger partial charge in [0.05, 0.1) is 7.11 Å². The quantitative estimate of drug-likeness (QED) is 0.377. The van der Waals surface area contributed by atoms with Crippen molar-refractivity contribution in [3.05, 3.63) is 95.2 Å². The number of hydrogen-bond acceptors (Lipinski definition) is 7. The van der Waals surface area contributed by atoms with Crippen molar-refractivity contribution in [2.24, 2.45) is 0 Å². The van der Waals surface area contributed by atoms with Crippen LogP contribution in [0.5, 0.6) is 17.2 Å². The van der Waals surface area contributed by atoms with Gasteiger partial charge in [0, 0.05) is 23.3 Å². The highest BCUT2D eigenvalue weighted by Crippen LogP contribution is 2.42. The van der Waals surface area contributed by atoms with E-state index in [1.54, 1.807) is 30.0 Å². The van der Waals surface area contributed by atoms with Crippen molar-refractivity contribution in [3.8, 4) is 28.6 Å². The summed E-state index contributed by atoms with van der Waals surface area (Å²) in [5, 5.41) is 18.1. The highest BCUT2D eigenvalue weighted by atomic mass is 16.5. The highest BCUT2D eigenvalue weighted by Gasteiger charge is 2.37. The normalized spacial score (nSPS) is 16.6. The number of anilines is 1. The number of rotatable bonds is 6. The van der Waals surface area contributed by atoms with Crippen LogP contribution in [0.25, 0.3) is 11.4 Å². The Bertz CT molecular complexity index is 1510. The summed E-state index contributed by atoms with van der Waals surface area (Å²) in [6.45, 7) is 0.415. The van der Waals surface area contributed by atoms with E-state index >= 15 is 0 Å². The first-order valence-corrected chi connectivity index (χ1v) is 12.2. The van der Waals surface area contributed by atoms with Crippen LogP contribution in [-0.4, -0.2) is 32.8 Å². The summed E-state index contributed by atoms with van der Waals surface area (Å²) in [5.41, 5.74) is 4.18. The summed E-state index contributed by atoms with van der Waals surface area (Å²) >= 11 is 0. The number of phenolic OH excluding ortho intramolecular Hbond substituents is 1. The van der Waals surface area contributed by atoms with Gasteiger partial charge < -0.3 is 19.9 Å². The zero-order valence-corrected chi connectivity index (χ0v) is 20.3. The van der Waals surface area contributed by atoms with Crippen LogP contribution in [0.2, 0.25) is 0 Å². The van der Waals surface area contributed by atoms with E-state index in [4.69, 9.17) is 19.6 Å². The maximum Gasteiger partial charge on any atom is 0.226 e. The number of carbonyl (C=O) groups excluding carboxylic acids is 1. The van der Waals surface area contributed by atoms with E-state index in [-0.39, 0.29) is 11.5 Å². The molecule has 1 atom stereocenters. The second-order valence-corrected chi connectivity index (χ2v) is 9.13. The van der Waals surface area contributed by atoms with Gasteiger partial charge in [-0.1, -0.05) is 48.5 Å². The number of carbonyl (C=O) groups is 1. The Balaban J connectivity index is 1.40. The van der Waals surface area contributed by atoms with Crippen LogP contribution < -0.4 is 14.8 Å². The summed E-state index contributed by atoms with van der Waals surface area (Å²) in [5.74, 6) is 2.45. The first-order valence-electron chi connectivity index (χ1n) is 12.2. The van der Waals surface area contributed by atoms with Gasteiger partial charge in [0.1, 0.15) is 18.4 Å². The first kappa shape index (κ1) is 22.8. The van der Waals surface area contributed by atoms with Gasteiger partial charge in [-0.05, 0) is 48.2 Å². The molecule has 1 aromatic heterocycles. The third-order valence-corrected chi connectivity index (χ3v) is 6.71. The van der Waals surface area contributed by atoms with Gasteiger partial charge in [-0.2, -0.15) is 4.98 Å². The van der Waals surface area contributed by atoms with Gasteiger partial charge in [-0.3, -0.25) is 4.79 Å². The Labute approximate surface area is 214 Å². The Morgan fingerprint density at radius 3 is 2.70 bits per heavy atom. The molecule has 6 rings (SSSR count). The Kier molecular flexibility index (Phi) is 5.84. The van der Waals surface area contributed by atoms with Gasteiger partial charge in [0.25, 0.3) is 0 Å². The molecule has 0 bridgehead atoms. The number of Topliss-reactive ketones (excluding diaryl/α,β-unsaturated/α-hetero) is 1. The fourth-order valence-corrected chi connectivity index (χ4v) is 4.94. The Morgan fingerprint density at radius 1 is 1.03 bits per heavy atom. The second kappa shape index (κ2) is 9.46. The number of benzene rings is 3. The lowest BCUT2D eigenvalue weighted by atomic mass is 9.85. The third-order valence-electron chi connectivity index (χ3n) is 6.71. The van der Waals surface area contributed by atoms with Crippen molar-refractivity contribution in [1.29, 1.82) is 0 Å². The number of aromatic hydroxyl groups is 1. The van der Waals surface area contributed by atoms with Crippen LogP contribution in [-0.2, 0) is 11.4 Å². The SMILES string of the molecule is COc1cc(C2C3=C(CCCC3=O)Nc3nc(-c4cccc(O)c4)nn32)ccc1OCc1ccccc1. The number of aromatic nitrogens is 3. The van der Waals surface area contributed by atoms with E-state index < -0.39 is 6.04 Å². The summed E-state index contributed by atoms with van der Waals surface area (Å²) in [6, 6.07) is 22.0. The molecule has 3 aromatic carbocycles. The van der Waals surface area contributed by atoms with Crippen LogP contribution in [0.4, 0.5) is 5.95 Å². The molecule has 0 spiro atoms. The number of nitrogens with zero attached hydrogens (tertiary/aromatic N) is 3. The molecule has 1 aliphatic heterocycles. The number of allylic oxidation sites excluding steroid dienone is 2. The molecule has 4 aromatic rings. The standard InChI is InChI=1S/C29H26N4O4/c1-36-25-16-19(13-14-24(25)37-17-18-7-3-2-4-8-18)27-26-22(11-6-12-23(26)35)30-29-31-28(32-33(27)29)20-9-5-10-21(34)15-20/h2-5,7-10,13-16,27,34H,6,11-12,17H2,1H3,(H,30,31,32). The van der Waals surface area contributed by atoms with E-state index in [2.05, 4.69) is 5.32 Å². The third kappa shape index (κ3) is 4.31. The second-order valence-electron chi connectivity index (χ2n) is 9.13. The van der Waals surface area contributed by atoms with Crippen LogP contribution in [0.15, 0.2) is 84.1 Å². The summed E-state index contributed by atoms with van der Waals surface area (Å²) < 4.78 is 13.5. The number of fused-ring (bicyclic) bond motifs is 1. The summed E-state index contributed by atoms with van der Waals surface area (Å²) in [7, 11) is 1.61. The molecule has 0 saturated heterocycles. The minimum Gasteiger partial charge on any atom is -0.508 e. The summed E-state index contributed by atoms with van der Waals surface area (Å²) in [6.07, 6.45) is 2.05. The zero-order chi connectivity index (χ0) is 25.4. The Hall–Kier alpha value is -4.59. The average Bonchev–Trinajstić information content (AvgIpc) is 3.35. The lowest BCUT2D eigenvalue weighted by Crippen LogP contribution is -2.31. The van der Waals surface area contributed by atoms with Crippen LogP contribution in [0.3, 0.4) is 0 Å². The molecule has 8 heteroatoms. The van der Waals surface area contributed by atoms with E-state index in [0.717, 1.165) is 29.7 Å². The van der Waals surface area contributed by atoms with Gasteiger partial charge >= 0.3 is 0 Å². The van der Waals surface area contributed by atoms with Crippen LogP contribution in [0.1, 0.15) is 36.4 Å². The number of ether oxygens (including phenoxy) is 2. The predicted octanol–water partition coefficient (Wildman–Crippen LogP) is 5.26. The van der Waals surface area contributed by atoms with Crippen molar-refractivity contribution in [2.75, 3.05) is 12.4 Å². The van der Waals surface area contributed by atoms with E-state index in [0.29, 0.717) is 47.4 Å². The van der Waals surface area contributed by atoms with Gasteiger partial charge in [-0.15, -0.1) is 5.10 Å². The molecule has 8 nitrogen and oxygen atoms in total. The number of nitrogens with one attached hydrogen (secondary N) is 1. The van der Waals surface area contributed by atoms with Crippen molar-refractivity contribution >= 4 is 11.7 Å². The monoisotopic (exact) mass is 494 g/mol. The number of methoxy groups -OCH3 is 1. The number of ketones is 1. The molecular weight excluding hydrogens is 468 g/mol. The zero-order valence-electron chi connectivity index (χ0n) is 20.3. The van der Waals surface area contributed by atoms with Crippen molar-refractivity contribution in [1.82, 2.24) is 14.8 Å². The topological polar surface area (TPSA) is 98.5 Å². The minimum absolute atomic E-state index is 0.0992. The molecule has 0 saturated carbocycles. The highest BCUT2D eigenvalue weighted by molar-refractivity contribution is 5.99. The molecule has 186 valence electrons. The average molecular weight is 495 g/mol. The fraction of sp³-hybridized carbons (Fsp3) is 0.207. The predicted molar refractivity (Wildman–Crippen MR) is 139 cm³/mol. The lowest BCUT2D eigenvalue weighted by molar-refractivity contribution is -0.116. The van der Waals surface area contributed by atoms with Gasteiger partial charge in [-0.25, -0.2) is 4.68 Å². The van der Waals surface area contributed by atoms with Crippen molar-refractivity contribution < 1.29 is 19.4 Å². The van der Waals surface area contributed by atoms with Crippen molar-refractivity contribution in [2.45, 2.75) is 31.9 Å². The maximum absolute atomic E-state index is 13.2. The molecule has 37 heavy (non-hydrogen) atoms. The molecule has 0 radical (unpaired) electrons. The lowest BCUT2D eigenvalue weighted by Gasteiger charge is -2.32. The fourth-order valence-electron chi connectivity index (χ4n) is 4.94. The van der Waals surface area contributed by atoms with Crippen molar-refractivity contribution in [3.63, 3.8) is 0 Å². The minimum atomic E-state index is -0.463. The van der Waals surface area contributed by atoms with Gasteiger partial charge in [0.2, 0.25) is 5.95 Å². The number of phenols is 1. The maximum atomic E-state index is 13.2. The molecule has 1 aliphatic carbocycles. The molecule has 2 heterocycles. The molecule has 2 aliphatic rings. The van der Waals surface area contributed by atoms with Crippen LogP contribution in [0, 0.1) is 0 Å². The molecule has 0 amide bonds. The van der Waals surface area contributed by atoms with Crippen LogP contribution >= 0.6 is 0 Å². The summed E-state index contributed by atoms with van der Waals surface area (Å²) in [4.78, 5) is 17.9. The molecule has 2 N–H and O–H groups in total.